The molecule has 0 amide bonds. The molecule has 2 atom stereocenters. The summed E-state index contributed by atoms with van der Waals surface area (Å²) in [6, 6.07) is 8.62. The normalized spacial score (nSPS) is 22.3. The van der Waals surface area contributed by atoms with Gasteiger partial charge in [0, 0.05) is 0 Å². The largest absolute Gasteiger partial charge is 0.395 e. The molecule has 0 saturated carbocycles. The molecule has 11 heteroatoms. The summed E-state index contributed by atoms with van der Waals surface area (Å²) in [6.07, 6.45) is -0.113. The van der Waals surface area contributed by atoms with Crippen LogP contribution in [0.15, 0.2) is 41.5 Å². The highest BCUT2D eigenvalue weighted by Gasteiger charge is 2.57. The number of thiocarbonyl (C=S) groups is 1. The van der Waals surface area contributed by atoms with Crippen molar-refractivity contribution in [3.63, 3.8) is 0 Å². The number of para-hydroxylation sites is 1. The van der Waals surface area contributed by atoms with Crippen molar-refractivity contribution in [1.29, 1.82) is 0 Å². The summed E-state index contributed by atoms with van der Waals surface area (Å²) in [5.41, 5.74) is 0.507. The predicted octanol–water partition coefficient (Wildman–Crippen LogP) is 1.94. The van der Waals surface area contributed by atoms with Gasteiger partial charge in [-0.3, -0.25) is 10.1 Å². The maximum Gasteiger partial charge on any atom is 0.395 e. The van der Waals surface area contributed by atoms with Crippen LogP contribution < -0.4 is 0 Å². The maximum atomic E-state index is 11.5. The molecule has 0 fully saturated rings. The first-order valence-electron chi connectivity index (χ1n) is 7.71. The van der Waals surface area contributed by atoms with Crippen molar-refractivity contribution >= 4 is 28.9 Å². The second kappa shape index (κ2) is 6.35. The van der Waals surface area contributed by atoms with Crippen molar-refractivity contribution in [2.24, 2.45) is 4.99 Å². The van der Waals surface area contributed by atoms with Gasteiger partial charge in [-0.05, 0) is 36.2 Å². The van der Waals surface area contributed by atoms with Crippen LogP contribution in [0.3, 0.4) is 0 Å². The molecule has 1 aromatic heterocycles. The van der Waals surface area contributed by atoms with Crippen LogP contribution in [0.2, 0.25) is 0 Å². The number of hydrogen-bond acceptors (Lipinski definition) is 6. The monoisotopic (exact) mass is 375 g/mol. The van der Waals surface area contributed by atoms with Gasteiger partial charge in [-0.25, -0.2) is 9.47 Å². The number of hydrogen-bond donors (Lipinski definition) is 0. The highest BCUT2D eigenvalue weighted by Crippen LogP contribution is 2.29. The number of quaternary nitrogens is 1. The van der Waals surface area contributed by atoms with E-state index in [1.54, 1.807) is 44.3 Å². The van der Waals surface area contributed by atoms with E-state index in [0.717, 1.165) is 6.20 Å². The van der Waals surface area contributed by atoms with Crippen LogP contribution in [0.1, 0.15) is 12.7 Å². The topological polar surface area (TPSA) is 116 Å². The third-order valence-electron chi connectivity index (χ3n) is 4.46. The van der Waals surface area contributed by atoms with Crippen molar-refractivity contribution in [2.45, 2.75) is 13.1 Å². The number of likely N-dealkylation sites (N-methyl/N-ethyl adjacent to an activating group) is 1. The third-order valence-corrected chi connectivity index (χ3v) is 4.76. The fourth-order valence-electron chi connectivity index (χ4n) is 3.00. The summed E-state index contributed by atoms with van der Waals surface area (Å²) in [5, 5.41) is 23.0. The van der Waals surface area contributed by atoms with Crippen LogP contribution in [0.25, 0.3) is 5.69 Å². The lowest BCUT2D eigenvalue weighted by molar-refractivity contribution is -0.921. The Morgan fingerprint density at radius 1 is 1.27 bits per heavy atom. The highest BCUT2D eigenvalue weighted by molar-refractivity contribution is 7.80. The molecule has 1 aromatic carbocycles. The smallest absolute Gasteiger partial charge is 0.358 e. The first-order valence-corrected chi connectivity index (χ1v) is 8.11. The number of imidazole rings is 1. The molecule has 0 saturated heterocycles. The van der Waals surface area contributed by atoms with E-state index in [1.165, 1.54) is 4.57 Å². The number of nitrogens with zero attached hydrogens (tertiary/aromatic N) is 6. The number of aliphatic imine (C=N–C) groups is 1. The van der Waals surface area contributed by atoms with Gasteiger partial charge in [0.25, 0.3) is 0 Å². The summed E-state index contributed by atoms with van der Waals surface area (Å²) in [6.45, 7) is 2.09. The highest BCUT2D eigenvalue weighted by atomic mass is 32.1. The minimum absolute atomic E-state index is 0.0698. The standard InChI is InChI=1S/C15H15N6O4S/c1-3-21(2)13(17-14(26)15(21)20(24)25)12-16-9-11(19(22)23)18(12)10-7-5-4-6-8-10/h4-9,15H,3H2,1-2H3/q+1. The summed E-state index contributed by atoms with van der Waals surface area (Å²) in [4.78, 5) is 30.3. The molecule has 1 aliphatic heterocycles. The molecule has 1 aliphatic rings. The molecule has 26 heavy (non-hydrogen) atoms. The van der Waals surface area contributed by atoms with Gasteiger partial charge in [-0.15, -0.1) is 0 Å². The van der Waals surface area contributed by atoms with Crippen LogP contribution in [0.5, 0.6) is 0 Å². The van der Waals surface area contributed by atoms with Gasteiger partial charge in [0.1, 0.15) is 11.9 Å². The molecular formula is C15H15N6O4S+. The van der Waals surface area contributed by atoms with Gasteiger partial charge in [-0.2, -0.15) is 9.56 Å². The minimum Gasteiger partial charge on any atom is -0.358 e. The van der Waals surface area contributed by atoms with Crippen LogP contribution in [0.4, 0.5) is 5.82 Å². The Morgan fingerprint density at radius 3 is 2.46 bits per heavy atom. The average molecular weight is 375 g/mol. The first-order chi connectivity index (χ1) is 12.3. The predicted molar refractivity (Wildman–Crippen MR) is 96.9 cm³/mol. The molecule has 2 aromatic rings. The van der Waals surface area contributed by atoms with E-state index in [-0.39, 0.29) is 26.9 Å². The van der Waals surface area contributed by atoms with Gasteiger partial charge in [-0.1, -0.05) is 18.2 Å². The number of nitro groups is 2. The van der Waals surface area contributed by atoms with E-state index in [0.29, 0.717) is 12.2 Å². The minimum atomic E-state index is -1.23. The zero-order chi connectivity index (χ0) is 19.1. The molecule has 0 bridgehead atoms. The molecule has 2 heterocycles. The Morgan fingerprint density at radius 2 is 1.92 bits per heavy atom. The lowest BCUT2D eigenvalue weighted by Crippen LogP contribution is -2.58. The Hall–Kier alpha value is -3.05. The first kappa shape index (κ1) is 17.8. The quantitative estimate of drug-likeness (QED) is 0.341. The summed E-state index contributed by atoms with van der Waals surface area (Å²) in [5.74, 6) is 0.141. The molecule has 2 unspecified atom stereocenters. The van der Waals surface area contributed by atoms with Crippen molar-refractivity contribution in [2.75, 3.05) is 13.6 Å². The van der Waals surface area contributed by atoms with Crippen molar-refractivity contribution in [3.05, 3.63) is 62.6 Å². The molecule has 0 radical (unpaired) electrons. The molecule has 3 rings (SSSR count). The molecule has 134 valence electrons. The molecule has 10 nitrogen and oxygen atoms in total. The third kappa shape index (κ3) is 2.57. The molecule has 0 aliphatic carbocycles. The van der Waals surface area contributed by atoms with E-state index >= 15 is 0 Å². The van der Waals surface area contributed by atoms with Crippen LogP contribution in [-0.4, -0.2) is 54.5 Å². The Labute approximate surface area is 153 Å². The van der Waals surface area contributed by atoms with E-state index < -0.39 is 16.0 Å². The fourth-order valence-corrected chi connectivity index (χ4v) is 3.40. The van der Waals surface area contributed by atoms with Crippen molar-refractivity contribution in [3.8, 4) is 5.69 Å². The summed E-state index contributed by atoms with van der Waals surface area (Å²) >= 11 is 5.11. The Bertz CT molecular complexity index is 941. The van der Waals surface area contributed by atoms with Gasteiger partial charge in [0.15, 0.2) is 0 Å². The average Bonchev–Trinajstić information content (AvgIpc) is 3.15. The van der Waals surface area contributed by atoms with Gasteiger partial charge in [0.05, 0.1) is 18.5 Å². The lowest BCUT2D eigenvalue weighted by atomic mass is 10.3. The second-order valence-electron chi connectivity index (χ2n) is 5.88. The number of aromatic nitrogens is 2. The van der Waals surface area contributed by atoms with Crippen LogP contribution in [0, 0.1) is 20.2 Å². The Balaban J connectivity index is 2.25. The lowest BCUT2D eigenvalue weighted by Gasteiger charge is -2.27. The molecule has 0 N–H and O–H groups in total. The second-order valence-corrected chi connectivity index (χ2v) is 6.30. The van der Waals surface area contributed by atoms with Crippen molar-refractivity contribution < 1.29 is 14.3 Å². The zero-order valence-corrected chi connectivity index (χ0v) is 14.8. The van der Waals surface area contributed by atoms with Gasteiger partial charge < -0.3 is 10.1 Å². The van der Waals surface area contributed by atoms with Crippen LogP contribution in [-0.2, 0) is 0 Å². The van der Waals surface area contributed by atoms with E-state index in [2.05, 4.69) is 9.98 Å². The van der Waals surface area contributed by atoms with Gasteiger partial charge >= 0.3 is 23.6 Å². The molecular weight excluding hydrogens is 360 g/mol. The van der Waals surface area contributed by atoms with Crippen LogP contribution >= 0.6 is 12.2 Å². The number of amidine groups is 1. The van der Waals surface area contributed by atoms with Gasteiger partial charge in [0.2, 0.25) is 4.99 Å². The fraction of sp³-hybridized carbons (Fsp3) is 0.267. The zero-order valence-electron chi connectivity index (χ0n) is 14.0. The molecule has 0 spiro atoms. The van der Waals surface area contributed by atoms with E-state index in [1.807, 2.05) is 0 Å². The summed E-state index contributed by atoms with van der Waals surface area (Å²) in [7, 11) is 1.63. The van der Waals surface area contributed by atoms with E-state index in [9.17, 15) is 20.2 Å². The number of benzene rings is 1. The van der Waals surface area contributed by atoms with E-state index in [4.69, 9.17) is 12.2 Å². The van der Waals surface area contributed by atoms with Crippen molar-refractivity contribution in [1.82, 2.24) is 9.55 Å². The Kier molecular flexibility index (Phi) is 4.34. The summed E-state index contributed by atoms with van der Waals surface area (Å²) < 4.78 is 1.11. The number of rotatable bonds is 5. The SMILES string of the molecule is CC[N+]1(C)C(c2ncc([N+](=O)[O-])n2-c2ccccc2)=NC(=S)C1[N+](=O)[O-]. The maximum absolute atomic E-state index is 11.5.